The molecule has 0 spiro atoms. The molecule has 2 unspecified atom stereocenters. The lowest BCUT2D eigenvalue weighted by atomic mass is 10.0. The first-order chi connectivity index (χ1) is 11.1. The van der Waals surface area contributed by atoms with Crippen molar-refractivity contribution < 1.29 is 28.2 Å². The van der Waals surface area contributed by atoms with Gasteiger partial charge in [-0.3, -0.25) is 4.84 Å². The first-order valence-electron chi connectivity index (χ1n) is 7.23. The molecule has 1 heterocycles. The molecule has 9 heteroatoms. The van der Waals surface area contributed by atoms with E-state index in [2.05, 4.69) is 0 Å². The molecule has 1 aromatic carbocycles. The van der Waals surface area contributed by atoms with Crippen molar-refractivity contribution in [3.05, 3.63) is 29.3 Å². The summed E-state index contributed by atoms with van der Waals surface area (Å²) in [5, 5.41) is 30.8. The zero-order chi connectivity index (χ0) is 18.3. The number of hydroxylamine groups is 2. The third-order valence-corrected chi connectivity index (χ3v) is 3.92. The van der Waals surface area contributed by atoms with Gasteiger partial charge in [-0.1, -0.05) is 0 Å². The fourth-order valence-electron chi connectivity index (χ4n) is 2.66. The highest BCUT2D eigenvalue weighted by Gasteiger charge is 2.53. The van der Waals surface area contributed by atoms with Crippen molar-refractivity contribution in [2.24, 2.45) is 0 Å². The standard InChI is InChI=1S/C15H18F3N3O3/c1-4-24-21-13(23)20(12(22)14(21,2)3)10-6-5-9(8-19)11(7-10)15(16,17)18/h5-7,12-13,22-23H,4H2,1-3H3. The van der Waals surface area contributed by atoms with Gasteiger partial charge in [0.1, 0.15) is 0 Å². The lowest BCUT2D eigenvalue weighted by Gasteiger charge is -2.30. The number of hydrogen-bond donors (Lipinski definition) is 2. The first-order valence-corrected chi connectivity index (χ1v) is 7.23. The lowest BCUT2D eigenvalue weighted by molar-refractivity contribution is -0.260. The topological polar surface area (TPSA) is 80.0 Å². The van der Waals surface area contributed by atoms with E-state index in [1.54, 1.807) is 20.8 Å². The maximum atomic E-state index is 13.1. The van der Waals surface area contributed by atoms with Gasteiger partial charge in [-0.25, -0.2) is 0 Å². The van der Waals surface area contributed by atoms with Gasteiger partial charge in [-0.15, -0.1) is 5.06 Å². The number of alkyl halides is 3. The van der Waals surface area contributed by atoms with Crippen molar-refractivity contribution in [2.45, 2.75) is 45.1 Å². The van der Waals surface area contributed by atoms with E-state index >= 15 is 0 Å². The van der Waals surface area contributed by atoms with Crippen LogP contribution in [0.2, 0.25) is 0 Å². The summed E-state index contributed by atoms with van der Waals surface area (Å²) in [6.07, 6.45) is -7.54. The van der Waals surface area contributed by atoms with E-state index in [9.17, 15) is 23.4 Å². The van der Waals surface area contributed by atoms with E-state index in [0.717, 1.165) is 22.1 Å². The molecule has 1 fully saturated rings. The molecule has 132 valence electrons. The van der Waals surface area contributed by atoms with E-state index in [0.29, 0.717) is 0 Å². The van der Waals surface area contributed by atoms with Crippen molar-refractivity contribution in [3.8, 4) is 6.07 Å². The summed E-state index contributed by atoms with van der Waals surface area (Å²) >= 11 is 0. The molecule has 1 aliphatic heterocycles. The second kappa shape index (κ2) is 6.22. The van der Waals surface area contributed by atoms with Crippen LogP contribution < -0.4 is 4.90 Å². The minimum atomic E-state index is -4.73. The van der Waals surface area contributed by atoms with Gasteiger partial charge in [0.2, 0.25) is 6.35 Å². The van der Waals surface area contributed by atoms with Gasteiger partial charge < -0.3 is 15.1 Å². The molecular formula is C15H18F3N3O3. The Morgan fingerprint density at radius 2 is 1.96 bits per heavy atom. The van der Waals surface area contributed by atoms with Gasteiger partial charge in [-0.05, 0) is 39.0 Å². The van der Waals surface area contributed by atoms with Crippen LogP contribution >= 0.6 is 0 Å². The zero-order valence-electron chi connectivity index (χ0n) is 13.4. The average molecular weight is 345 g/mol. The van der Waals surface area contributed by atoms with Gasteiger partial charge >= 0.3 is 6.18 Å². The summed E-state index contributed by atoms with van der Waals surface area (Å²) in [5.74, 6) is 0. The maximum Gasteiger partial charge on any atom is 0.417 e. The third-order valence-electron chi connectivity index (χ3n) is 3.92. The molecule has 0 saturated carbocycles. The van der Waals surface area contributed by atoms with Crippen LogP contribution in [0.15, 0.2) is 18.2 Å². The molecule has 2 rings (SSSR count). The summed E-state index contributed by atoms with van der Waals surface area (Å²) in [6.45, 7) is 5.07. The van der Waals surface area contributed by atoms with Crippen molar-refractivity contribution in [1.29, 1.82) is 5.26 Å². The molecular weight excluding hydrogens is 327 g/mol. The number of aliphatic hydroxyl groups excluding tert-OH is 2. The van der Waals surface area contributed by atoms with Crippen LogP contribution in [-0.2, 0) is 11.0 Å². The molecule has 1 aromatic rings. The van der Waals surface area contributed by atoms with Crippen LogP contribution in [0.3, 0.4) is 0 Å². The SMILES string of the molecule is CCON1C(O)N(c2ccc(C#N)c(C(F)(F)F)c2)C(O)C1(C)C. The van der Waals surface area contributed by atoms with E-state index in [1.165, 1.54) is 12.1 Å². The average Bonchev–Trinajstić information content (AvgIpc) is 2.66. The summed E-state index contributed by atoms with van der Waals surface area (Å²) in [7, 11) is 0. The van der Waals surface area contributed by atoms with Crippen molar-refractivity contribution >= 4 is 5.69 Å². The van der Waals surface area contributed by atoms with Crippen LogP contribution in [0, 0.1) is 11.3 Å². The summed E-state index contributed by atoms with van der Waals surface area (Å²) in [4.78, 5) is 6.31. The van der Waals surface area contributed by atoms with E-state index < -0.39 is 35.4 Å². The van der Waals surface area contributed by atoms with E-state index in [1.807, 2.05) is 0 Å². The molecule has 0 aromatic heterocycles. The van der Waals surface area contributed by atoms with Gasteiger partial charge in [0, 0.05) is 5.69 Å². The number of nitrogens with zero attached hydrogens (tertiary/aromatic N) is 3. The predicted molar refractivity (Wildman–Crippen MR) is 78.2 cm³/mol. The number of benzene rings is 1. The second-order valence-electron chi connectivity index (χ2n) is 5.86. The first kappa shape index (κ1) is 18.5. The molecule has 0 amide bonds. The Bertz CT molecular complexity index is 658. The highest BCUT2D eigenvalue weighted by Crippen LogP contribution is 2.40. The Morgan fingerprint density at radius 3 is 2.46 bits per heavy atom. The second-order valence-corrected chi connectivity index (χ2v) is 5.86. The minimum Gasteiger partial charge on any atom is -0.371 e. The van der Waals surface area contributed by atoms with E-state index in [4.69, 9.17) is 10.1 Å². The smallest absolute Gasteiger partial charge is 0.371 e. The monoisotopic (exact) mass is 345 g/mol. The number of hydrogen-bond acceptors (Lipinski definition) is 6. The fraction of sp³-hybridized carbons (Fsp3) is 0.533. The van der Waals surface area contributed by atoms with Gasteiger partial charge in [-0.2, -0.15) is 18.4 Å². The lowest BCUT2D eigenvalue weighted by Crippen LogP contribution is -2.47. The minimum absolute atomic E-state index is 0.0726. The summed E-state index contributed by atoms with van der Waals surface area (Å²) in [6, 6.07) is 4.47. The quantitative estimate of drug-likeness (QED) is 0.873. The molecule has 0 bridgehead atoms. The Labute approximate surface area is 137 Å². The predicted octanol–water partition coefficient (Wildman–Crippen LogP) is 2.02. The Balaban J connectivity index is 2.51. The molecule has 1 aliphatic rings. The molecule has 24 heavy (non-hydrogen) atoms. The number of nitriles is 1. The Hall–Kier alpha value is -1.86. The van der Waals surface area contributed by atoms with Crippen molar-refractivity contribution in [2.75, 3.05) is 11.5 Å². The molecule has 1 saturated heterocycles. The number of aliphatic hydroxyl groups is 2. The Morgan fingerprint density at radius 1 is 1.33 bits per heavy atom. The molecule has 0 radical (unpaired) electrons. The zero-order valence-corrected chi connectivity index (χ0v) is 13.4. The van der Waals surface area contributed by atoms with Crippen LogP contribution in [0.1, 0.15) is 31.9 Å². The Kier molecular flexibility index (Phi) is 4.79. The molecule has 6 nitrogen and oxygen atoms in total. The van der Waals surface area contributed by atoms with Gasteiger partial charge in [0.05, 0.1) is 29.3 Å². The molecule has 2 atom stereocenters. The highest BCUT2D eigenvalue weighted by atomic mass is 19.4. The van der Waals surface area contributed by atoms with Crippen molar-refractivity contribution in [1.82, 2.24) is 5.06 Å². The maximum absolute atomic E-state index is 13.1. The van der Waals surface area contributed by atoms with Crippen molar-refractivity contribution in [3.63, 3.8) is 0 Å². The van der Waals surface area contributed by atoms with Gasteiger partial charge in [0.15, 0.2) is 6.23 Å². The van der Waals surface area contributed by atoms with Crippen LogP contribution in [0.4, 0.5) is 18.9 Å². The normalized spacial score (nSPS) is 24.2. The molecule has 0 aliphatic carbocycles. The number of anilines is 1. The molecule has 2 N–H and O–H groups in total. The third kappa shape index (κ3) is 2.93. The largest absolute Gasteiger partial charge is 0.417 e. The van der Waals surface area contributed by atoms with Crippen LogP contribution in [0.25, 0.3) is 0 Å². The number of halogens is 3. The van der Waals surface area contributed by atoms with Crippen LogP contribution in [0.5, 0.6) is 0 Å². The van der Waals surface area contributed by atoms with Gasteiger partial charge in [0.25, 0.3) is 0 Å². The summed E-state index contributed by atoms with van der Waals surface area (Å²) in [5.41, 5.74) is -2.80. The van der Waals surface area contributed by atoms with E-state index in [-0.39, 0.29) is 12.3 Å². The number of rotatable bonds is 3. The highest BCUT2D eigenvalue weighted by molar-refractivity contribution is 5.56. The fourth-order valence-corrected chi connectivity index (χ4v) is 2.66. The summed E-state index contributed by atoms with van der Waals surface area (Å²) < 4.78 is 39.3. The van der Waals surface area contributed by atoms with Crippen LogP contribution in [-0.4, -0.2) is 40.0 Å².